The number of fused-ring (bicyclic) bond motifs is 1. The number of likely N-dealkylation sites (tertiary alicyclic amines) is 1. The molecule has 0 spiro atoms. The number of ether oxygens (including phenoxy) is 2. The van der Waals surface area contributed by atoms with Gasteiger partial charge in [0.25, 0.3) is 0 Å². The molecule has 2 aliphatic rings. The van der Waals surface area contributed by atoms with Gasteiger partial charge in [-0.2, -0.15) is 0 Å². The number of Topliss-reactive ketones (excluding diaryl/α,β-unsaturated/α-hetero) is 1. The van der Waals surface area contributed by atoms with Crippen molar-refractivity contribution < 1.29 is 54.0 Å². The highest BCUT2D eigenvalue weighted by atomic mass is 16.5. The van der Waals surface area contributed by atoms with Crippen LogP contribution >= 0.6 is 0 Å². The Kier molecular flexibility index (Phi) is 1.40. The molecule has 1 saturated heterocycles. The number of rotatable bonds is 6. The molecule has 1 fully saturated rings. The predicted octanol–water partition coefficient (Wildman–Crippen LogP) is 4.36. The number of methoxy groups -OCH3 is 2. The summed E-state index contributed by atoms with van der Waals surface area (Å²) in [7, 11) is -7.26. The van der Waals surface area contributed by atoms with Crippen molar-refractivity contribution in [3.63, 3.8) is 0 Å². The van der Waals surface area contributed by atoms with Crippen LogP contribution in [0.15, 0.2) is 42.3 Å². The molecule has 1 aliphatic heterocycles. The summed E-state index contributed by atoms with van der Waals surface area (Å²) in [4.78, 5) is 13.3. The fourth-order valence-corrected chi connectivity index (χ4v) is 2.21. The Hall–Kier alpha value is -2.33. The molecule has 28 heavy (non-hydrogen) atoms. The highest BCUT2D eigenvalue weighted by Gasteiger charge is 2.34. The van der Waals surface area contributed by atoms with E-state index in [1.165, 1.54) is 0 Å². The summed E-state index contributed by atoms with van der Waals surface area (Å²) in [5.74, 6) is -15.1. The monoisotopic (exact) mass is 408 g/mol. The molecule has 1 atom stereocenters. The second-order valence-electron chi connectivity index (χ2n) is 5.11. The van der Waals surface area contributed by atoms with Crippen LogP contribution in [-0.2, 0) is 12.9 Å². The zero-order valence-electron chi connectivity index (χ0n) is 42.7. The van der Waals surface area contributed by atoms with E-state index in [2.05, 4.69) is 9.47 Å². The molecule has 0 radical (unpaired) electrons. The van der Waals surface area contributed by atoms with Crippen molar-refractivity contribution in [2.45, 2.75) is 32.0 Å². The Morgan fingerprint density at radius 3 is 2.64 bits per heavy atom. The van der Waals surface area contributed by atoms with Crippen LogP contribution in [0.5, 0.6) is 11.5 Å². The van der Waals surface area contributed by atoms with Crippen LogP contribution < -0.4 is 9.47 Å². The number of hydrogen-bond donors (Lipinski definition) is 0. The molecule has 2 aromatic carbocycles. The maximum absolute atomic E-state index is 14.3. The standard InChI is InChI=1S/C24H29NO3/c1-27-22-14-19-13-20(24(26)21(19)15-23(22)28-2)12-17-8-10-25(11-9-17)16-18-6-4-3-5-7-18/h3-7,14-15,17,20H,8-13,16H2,1-2H3/i1D3,2D3,3D,4D,5D,6D,7D,8D2,9D2,10D2,11D2,12D2,13D2,14D,15D,16D2,17D,20D. The zero-order valence-corrected chi connectivity index (χ0v) is 13.7. The van der Waals surface area contributed by atoms with Gasteiger partial charge in [-0.15, -0.1) is 0 Å². The lowest BCUT2D eigenvalue weighted by Gasteiger charge is -2.32. The first-order chi connectivity index (χ1) is 25.0. The second kappa shape index (κ2) is 8.36. The summed E-state index contributed by atoms with van der Waals surface area (Å²) in [6, 6.07) is -9.81. The van der Waals surface area contributed by atoms with Gasteiger partial charge in [-0.05, 0) is 67.6 Å². The number of carbonyl (C=O) groups excluding carboxylic acids is 1. The molecular formula is C24H29NO3. The fraction of sp³-hybridized carbons (Fsp3) is 0.458. The number of carbonyl (C=O) groups is 1. The summed E-state index contributed by atoms with van der Waals surface area (Å²) in [5, 5.41) is 0. The highest BCUT2D eigenvalue weighted by molar-refractivity contribution is 6.02. The number of ketones is 1. The normalized spacial score (nSPS) is 50.0. The van der Waals surface area contributed by atoms with Gasteiger partial charge >= 0.3 is 0 Å². The smallest absolute Gasteiger partial charge is 0.166 e. The first-order valence-corrected chi connectivity index (χ1v) is 7.44. The maximum Gasteiger partial charge on any atom is 0.166 e. The summed E-state index contributed by atoms with van der Waals surface area (Å²) in [6.45, 7) is -13.5. The van der Waals surface area contributed by atoms with Gasteiger partial charge in [0.2, 0.25) is 0 Å². The van der Waals surface area contributed by atoms with Crippen LogP contribution in [0.4, 0.5) is 0 Å². The van der Waals surface area contributed by atoms with E-state index in [1.54, 1.807) is 0 Å². The number of hydrogen-bond acceptors (Lipinski definition) is 4. The van der Waals surface area contributed by atoms with Crippen LogP contribution in [0.1, 0.15) is 80.4 Å². The van der Waals surface area contributed by atoms with Gasteiger partial charge < -0.3 is 9.47 Å². The molecule has 148 valence electrons. The molecule has 2 aromatic rings. The molecule has 0 saturated carbocycles. The second-order valence-corrected chi connectivity index (χ2v) is 5.11. The van der Waals surface area contributed by atoms with Crippen molar-refractivity contribution in [3.05, 3.63) is 59.0 Å². The first-order valence-electron chi connectivity index (χ1n) is 21.9. The van der Waals surface area contributed by atoms with E-state index < -0.39 is 152 Å². The lowest BCUT2D eigenvalue weighted by atomic mass is 9.85. The Morgan fingerprint density at radius 1 is 1.21 bits per heavy atom. The Bertz CT molecular complexity index is 1990. The van der Waals surface area contributed by atoms with Gasteiger partial charge in [0.15, 0.2) is 17.3 Å². The third-order valence-corrected chi connectivity index (χ3v) is 3.40. The van der Waals surface area contributed by atoms with Crippen molar-refractivity contribution in [1.82, 2.24) is 4.90 Å². The minimum Gasteiger partial charge on any atom is -0.493 e. The lowest BCUT2D eigenvalue weighted by Crippen LogP contribution is -2.34. The highest BCUT2D eigenvalue weighted by Crippen LogP contribution is 2.39. The van der Waals surface area contributed by atoms with E-state index >= 15 is 0 Å². The molecule has 0 N–H and O–H groups in total. The molecule has 1 unspecified atom stereocenters. The van der Waals surface area contributed by atoms with Gasteiger partial charge in [-0.25, -0.2) is 0 Å². The van der Waals surface area contributed by atoms with E-state index in [4.69, 9.17) is 39.8 Å². The van der Waals surface area contributed by atoms with Crippen LogP contribution in [0.25, 0.3) is 0 Å². The molecule has 4 heteroatoms. The molecule has 0 amide bonds. The molecule has 1 heterocycles. The molecule has 4 nitrogen and oxygen atoms in total. The Balaban J connectivity index is 2.12. The van der Waals surface area contributed by atoms with Gasteiger partial charge in [0, 0.05) is 39.9 Å². The van der Waals surface area contributed by atoms with Crippen LogP contribution in [0.3, 0.4) is 0 Å². The summed E-state index contributed by atoms with van der Waals surface area (Å²) < 4.78 is 252. The quantitative estimate of drug-likeness (QED) is 0.712. The summed E-state index contributed by atoms with van der Waals surface area (Å²) in [5.41, 5.74) is -4.79. The molecular weight excluding hydrogens is 350 g/mol. The maximum atomic E-state index is 14.3. The Labute approximate surface area is 208 Å². The largest absolute Gasteiger partial charge is 0.493 e. The first kappa shape index (κ1) is 4.70. The summed E-state index contributed by atoms with van der Waals surface area (Å²) >= 11 is 0. The average molecular weight is 409 g/mol. The third kappa shape index (κ3) is 3.93. The third-order valence-electron chi connectivity index (χ3n) is 3.40. The van der Waals surface area contributed by atoms with Gasteiger partial charge in [0.05, 0.1) is 31.9 Å². The van der Waals surface area contributed by atoms with Crippen molar-refractivity contribution in [3.8, 4) is 11.5 Å². The number of piperidine rings is 1. The van der Waals surface area contributed by atoms with E-state index in [1.807, 2.05) is 0 Å². The average Bonchev–Trinajstić information content (AvgIpc) is 3.18. The van der Waals surface area contributed by atoms with Gasteiger partial charge in [-0.3, -0.25) is 9.69 Å². The van der Waals surface area contributed by atoms with Crippen molar-refractivity contribution >= 4 is 5.78 Å². The number of nitrogens with zero attached hydrogens (tertiary/aromatic N) is 1. The minimum atomic E-state index is -4.99. The Morgan fingerprint density at radius 2 is 1.93 bits per heavy atom. The summed E-state index contributed by atoms with van der Waals surface area (Å²) in [6.07, 6.45) is -18.9. The van der Waals surface area contributed by atoms with E-state index in [0.29, 0.717) is 0 Å². The van der Waals surface area contributed by atoms with Crippen LogP contribution in [-0.4, -0.2) is 37.8 Å². The van der Waals surface area contributed by atoms with E-state index in [0.717, 1.165) is 0 Å². The number of benzene rings is 2. The predicted molar refractivity (Wildman–Crippen MR) is 110 cm³/mol. The molecule has 0 bridgehead atoms. The zero-order chi connectivity index (χ0) is 45.0. The molecule has 1 aliphatic carbocycles. The lowest BCUT2D eigenvalue weighted by molar-refractivity contribution is 0.0895. The minimum absolute atomic E-state index is 0.930. The van der Waals surface area contributed by atoms with Gasteiger partial charge in [-0.1, -0.05) is 30.2 Å². The molecule has 4 rings (SSSR count). The fourth-order valence-electron chi connectivity index (χ4n) is 2.21. The van der Waals surface area contributed by atoms with Crippen molar-refractivity contribution in [1.29, 1.82) is 0 Å². The molecule has 0 aromatic heterocycles. The van der Waals surface area contributed by atoms with Crippen molar-refractivity contribution in [2.24, 2.45) is 11.8 Å². The SMILES string of the molecule is [2H]c1c([2H])c([2H])c(C([2H])([2H])N2C([2H])([2H])C([2H])([2H])C([2H])(C([2H])([2H])C3([2H])C(=O)c4c([2H])c(OC([2H])([2H])[2H])c(OC([2H])([2H])[2H])c([2H])c4C3([2H])[2H])C([2H])([2H])C2([2H])[2H])c([2H])c1[2H]. The van der Waals surface area contributed by atoms with Crippen LogP contribution in [0.2, 0.25) is 0 Å². The topological polar surface area (TPSA) is 38.8 Å². The van der Waals surface area contributed by atoms with Crippen LogP contribution in [0, 0.1) is 11.8 Å². The van der Waals surface area contributed by atoms with Gasteiger partial charge in [0.1, 0.15) is 0 Å². The van der Waals surface area contributed by atoms with E-state index in [9.17, 15) is 4.79 Å². The van der Waals surface area contributed by atoms with E-state index in [-0.39, 0.29) is 0 Å². The van der Waals surface area contributed by atoms with Crippen molar-refractivity contribution in [2.75, 3.05) is 27.1 Å².